The highest BCUT2D eigenvalue weighted by molar-refractivity contribution is 5.66. The number of nitrogens with zero attached hydrogens (tertiary/aromatic N) is 3. The third kappa shape index (κ3) is 3.80. The minimum absolute atomic E-state index is 0.0377. The van der Waals surface area contributed by atoms with Crippen molar-refractivity contribution in [3.8, 4) is 33.9 Å². The molecule has 0 saturated heterocycles. The lowest BCUT2D eigenvalue weighted by atomic mass is 10.0. The maximum Gasteiger partial charge on any atom is 0.169 e. The Labute approximate surface area is 176 Å². The largest absolute Gasteiger partial charge is 0.348 e. The fraction of sp³-hybridized carbons (Fsp3) is 0.0400. The standard InChI is InChI=1S/C25H16F3N3/c26-19-4-1-3-18(13-19)17-9-7-16(8-10-17)14-31-12-11-22-23(15-31)30-25(29-22)20-5-2-6-21(27)24(20)28/h1-13,15H,14H2. The van der Waals surface area contributed by atoms with Crippen molar-refractivity contribution in [2.24, 2.45) is 0 Å². The molecule has 0 N–H and O–H groups in total. The van der Waals surface area contributed by atoms with Crippen molar-refractivity contribution in [1.82, 2.24) is 14.5 Å². The summed E-state index contributed by atoms with van der Waals surface area (Å²) < 4.78 is 43.0. The van der Waals surface area contributed by atoms with Gasteiger partial charge < -0.3 is 4.57 Å². The molecule has 0 unspecified atom stereocenters. The van der Waals surface area contributed by atoms with E-state index in [1.54, 1.807) is 12.1 Å². The number of rotatable bonds is 4. The summed E-state index contributed by atoms with van der Waals surface area (Å²) in [4.78, 5) is 8.70. The van der Waals surface area contributed by atoms with Crippen LogP contribution in [0.25, 0.3) is 33.9 Å². The normalized spacial score (nSPS) is 11.2. The summed E-state index contributed by atoms with van der Waals surface area (Å²) in [5.41, 5.74) is 4.06. The summed E-state index contributed by atoms with van der Waals surface area (Å²) in [6.45, 7) is 0.593. The number of pyridine rings is 1. The van der Waals surface area contributed by atoms with Gasteiger partial charge >= 0.3 is 0 Å². The molecule has 0 spiro atoms. The van der Waals surface area contributed by atoms with Crippen LogP contribution in [0, 0.1) is 17.5 Å². The summed E-state index contributed by atoms with van der Waals surface area (Å²) in [6.07, 6.45) is 3.69. The van der Waals surface area contributed by atoms with Crippen molar-refractivity contribution in [3.05, 3.63) is 108 Å². The fourth-order valence-electron chi connectivity index (χ4n) is 3.53. The Balaban J connectivity index is 1.40. The Kier molecular flexibility index (Phi) is 4.75. The maximum absolute atomic E-state index is 14.1. The number of halogens is 3. The molecule has 0 saturated carbocycles. The van der Waals surface area contributed by atoms with Crippen LogP contribution in [0.4, 0.5) is 13.2 Å². The van der Waals surface area contributed by atoms with Gasteiger partial charge in [0.15, 0.2) is 17.5 Å². The first-order valence-corrected chi connectivity index (χ1v) is 9.69. The monoisotopic (exact) mass is 415 g/mol. The molecule has 0 radical (unpaired) electrons. The number of hydrogen-bond acceptors (Lipinski definition) is 2. The van der Waals surface area contributed by atoms with Gasteiger partial charge in [0.25, 0.3) is 0 Å². The summed E-state index contributed by atoms with van der Waals surface area (Å²) >= 11 is 0. The molecule has 5 rings (SSSR count). The average Bonchev–Trinajstić information content (AvgIpc) is 3.19. The average molecular weight is 415 g/mol. The van der Waals surface area contributed by atoms with Gasteiger partial charge in [-0.05, 0) is 47.0 Å². The highest BCUT2D eigenvalue weighted by atomic mass is 19.2. The lowest BCUT2D eigenvalue weighted by molar-refractivity contribution is 0.510. The molecule has 6 heteroatoms. The van der Waals surface area contributed by atoms with Gasteiger partial charge in [0.1, 0.15) is 11.5 Å². The molecule has 0 aromatic heterocycles. The van der Waals surface area contributed by atoms with Crippen LogP contribution < -0.4 is 0 Å². The molecular weight excluding hydrogens is 399 g/mol. The Bertz CT molecular complexity index is 1340. The molecule has 0 atom stereocenters. The van der Waals surface area contributed by atoms with Crippen molar-refractivity contribution in [1.29, 1.82) is 0 Å². The Morgan fingerprint density at radius 1 is 0.742 bits per heavy atom. The van der Waals surface area contributed by atoms with Crippen LogP contribution in [0.15, 0.2) is 85.2 Å². The topological polar surface area (TPSA) is 30.7 Å². The summed E-state index contributed by atoms with van der Waals surface area (Å²) in [5, 5.41) is 0. The number of fused-ring (bicyclic) bond motifs is 1. The third-order valence-electron chi connectivity index (χ3n) is 5.10. The molecular formula is C25H16F3N3. The van der Waals surface area contributed by atoms with E-state index in [2.05, 4.69) is 9.97 Å². The van der Waals surface area contributed by atoms with E-state index in [4.69, 9.17) is 0 Å². The smallest absolute Gasteiger partial charge is 0.169 e. The van der Waals surface area contributed by atoms with Crippen LogP contribution in [0.2, 0.25) is 0 Å². The maximum atomic E-state index is 14.1. The minimum atomic E-state index is -0.955. The summed E-state index contributed by atoms with van der Waals surface area (Å²) in [6, 6.07) is 20.1. The van der Waals surface area contributed by atoms with Gasteiger partial charge in [0, 0.05) is 18.9 Å². The Hall–Kier alpha value is -3.93. The number of benzene rings is 3. The molecule has 2 aliphatic rings. The van der Waals surface area contributed by atoms with Crippen molar-refractivity contribution in [3.63, 3.8) is 0 Å². The van der Waals surface area contributed by atoms with Gasteiger partial charge in [-0.3, -0.25) is 0 Å². The molecule has 0 aliphatic carbocycles. The fourth-order valence-corrected chi connectivity index (χ4v) is 3.53. The predicted octanol–water partition coefficient (Wildman–Crippen LogP) is 6.18. The highest BCUT2D eigenvalue weighted by Crippen LogP contribution is 2.28. The van der Waals surface area contributed by atoms with E-state index in [0.29, 0.717) is 17.9 Å². The zero-order chi connectivity index (χ0) is 21.4. The van der Waals surface area contributed by atoms with Crippen LogP contribution in [0.5, 0.6) is 0 Å². The second-order valence-corrected chi connectivity index (χ2v) is 7.24. The second kappa shape index (κ2) is 7.72. The highest BCUT2D eigenvalue weighted by Gasteiger charge is 2.17. The molecule has 2 aliphatic heterocycles. The van der Waals surface area contributed by atoms with Crippen molar-refractivity contribution in [2.45, 2.75) is 6.54 Å². The van der Waals surface area contributed by atoms with Crippen molar-refractivity contribution >= 4 is 0 Å². The van der Waals surface area contributed by atoms with E-state index in [0.717, 1.165) is 22.8 Å². The number of imidazole rings is 1. The van der Waals surface area contributed by atoms with E-state index in [1.807, 2.05) is 47.3 Å². The SMILES string of the molecule is Fc1cccc(-c2ccc(Cn3ccc4nc(-c5cccc(F)c5F)nc-4c3)cc2)c1. The van der Waals surface area contributed by atoms with E-state index < -0.39 is 11.6 Å². The molecule has 0 fully saturated rings. The predicted molar refractivity (Wildman–Crippen MR) is 113 cm³/mol. The van der Waals surface area contributed by atoms with Gasteiger partial charge in [0.2, 0.25) is 0 Å². The van der Waals surface area contributed by atoms with Crippen LogP contribution in [0.3, 0.4) is 0 Å². The van der Waals surface area contributed by atoms with E-state index in [9.17, 15) is 13.2 Å². The first-order valence-electron chi connectivity index (χ1n) is 9.69. The first kappa shape index (κ1) is 19.1. The van der Waals surface area contributed by atoms with E-state index >= 15 is 0 Å². The van der Waals surface area contributed by atoms with Crippen LogP contribution in [-0.2, 0) is 6.54 Å². The zero-order valence-corrected chi connectivity index (χ0v) is 16.3. The Morgan fingerprint density at radius 2 is 1.52 bits per heavy atom. The van der Waals surface area contributed by atoms with Crippen LogP contribution in [0.1, 0.15) is 5.56 Å². The molecule has 3 aromatic rings. The summed E-state index contributed by atoms with van der Waals surface area (Å²) in [7, 11) is 0. The molecule has 0 bridgehead atoms. The van der Waals surface area contributed by atoms with Gasteiger partial charge in [-0.1, -0.05) is 42.5 Å². The van der Waals surface area contributed by atoms with Crippen molar-refractivity contribution < 1.29 is 13.2 Å². The second-order valence-electron chi connectivity index (χ2n) is 7.24. The van der Waals surface area contributed by atoms with E-state index in [-0.39, 0.29) is 17.2 Å². The van der Waals surface area contributed by atoms with Gasteiger partial charge in [0.05, 0.1) is 11.3 Å². The molecule has 3 aromatic carbocycles. The van der Waals surface area contributed by atoms with Gasteiger partial charge in [-0.25, -0.2) is 23.1 Å². The van der Waals surface area contributed by atoms with Crippen LogP contribution >= 0.6 is 0 Å². The van der Waals surface area contributed by atoms with E-state index in [1.165, 1.54) is 24.3 Å². The van der Waals surface area contributed by atoms with Gasteiger partial charge in [-0.15, -0.1) is 0 Å². The quantitative estimate of drug-likeness (QED) is 0.351. The third-order valence-corrected chi connectivity index (χ3v) is 5.10. The first-order chi connectivity index (χ1) is 15.1. The van der Waals surface area contributed by atoms with Gasteiger partial charge in [-0.2, -0.15) is 0 Å². The van der Waals surface area contributed by atoms with Crippen LogP contribution in [-0.4, -0.2) is 14.5 Å². The number of aromatic nitrogens is 3. The molecule has 31 heavy (non-hydrogen) atoms. The minimum Gasteiger partial charge on any atom is -0.348 e. The summed E-state index contributed by atoms with van der Waals surface area (Å²) in [5.74, 6) is -1.99. The molecule has 152 valence electrons. The molecule has 0 amide bonds. The molecule has 2 heterocycles. The lowest BCUT2D eigenvalue weighted by Crippen LogP contribution is -2.00. The Morgan fingerprint density at radius 3 is 2.32 bits per heavy atom. The lowest BCUT2D eigenvalue weighted by Gasteiger charge is -2.09. The number of hydrogen-bond donors (Lipinski definition) is 0. The molecule has 3 nitrogen and oxygen atoms in total. The van der Waals surface area contributed by atoms with Crippen molar-refractivity contribution in [2.75, 3.05) is 0 Å². The zero-order valence-electron chi connectivity index (χ0n) is 16.3.